The predicted molar refractivity (Wildman–Crippen MR) is 141 cm³/mol. The van der Waals surface area contributed by atoms with E-state index in [4.69, 9.17) is 16.6 Å². The van der Waals surface area contributed by atoms with Gasteiger partial charge in [0.2, 0.25) is 0 Å². The summed E-state index contributed by atoms with van der Waals surface area (Å²) in [7, 11) is -4.42. The van der Waals surface area contributed by atoms with Crippen LogP contribution in [0.25, 0.3) is 22.3 Å². The summed E-state index contributed by atoms with van der Waals surface area (Å²) in [5.41, 5.74) is 2.06. The van der Waals surface area contributed by atoms with Crippen LogP contribution in [0, 0.1) is 11.6 Å². The van der Waals surface area contributed by atoms with Crippen molar-refractivity contribution < 1.29 is 17.2 Å². The number of sulfonamides is 1. The number of nitrogens with one attached hydrogen (secondary N) is 2. The Morgan fingerprint density at radius 1 is 1.08 bits per heavy atom. The number of hydrogen-bond donors (Lipinski definition) is 2. The van der Waals surface area contributed by atoms with E-state index in [1.165, 1.54) is 18.6 Å². The van der Waals surface area contributed by atoms with Crippen LogP contribution in [0.5, 0.6) is 0 Å². The monoisotopic (exact) mass is 559 g/mol. The molecule has 0 bridgehead atoms. The first kappa shape index (κ1) is 26.1. The molecule has 0 radical (unpaired) electrons. The van der Waals surface area contributed by atoms with Gasteiger partial charge in [-0.05, 0) is 49.7 Å². The van der Waals surface area contributed by atoms with Gasteiger partial charge in [-0.3, -0.25) is 4.72 Å². The second-order valence-corrected chi connectivity index (χ2v) is 10.9. The largest absolute Gasteiger partial charge is 0.365 e. The number of benzene rings is 1. The summed E-state index contributed by atoms with van der Waals surface area (Å²) >= 11 is 6.15. The van der Waals surface area contributed by atoms with E-state index in [2.05, 4.69) is 36.8 Å². The molecule has 1 saturated heterocycles. The lowest BCUT2D eigenvalue weighted by molar-refractivity contribution is 0.229. The minimum atomic E-state index is -4.42. The molecule has 1 fully saturated rings. The summed E-state index contributed by atoms with van der Waals surface area (Å²) in [5.74, 6) is -1.51. The lowest BCUT2D eigenvalue weighted by Gasteiger charge is -2.31. The lowest BCUT2D eigenvalue weighted by Crippen LogP contribution is -2.39. The van der Waals surface area contributed by atoms with Crippen molar-refractivity contribution in [3.05, 3.63) is 65.7 Å². The Hall–Kier alpha value is -3.48. The van der Waals surface area contributed by atoms with Crippen LogP contribution in [0.1, 0.15) is 19.8 Å². The van der Waals surface area contributed by atoms with Crippen LogP contribution in [0.2, 0.25) is 5.15 Å². The Morgan fingerprint density at radius 2 is 1.87 bits per heavy atom. The van der Waals surface area contributed by atoms with Gasteiger partial charge in [-0.2, -0.15) is 0 Å². The van der Waals surface area contributed by atoms with Gasteiger partial charge in [-0.15, -0.1) is 0 Å². The van der Waals surface area contributed by atoms with Crippen molar-refractivity contribution in [1.82, 2.24) is 24.8 Å². The minimum absolute atomic E-state index is 0.0832. The van der Waals surface area contributed by atoms with Crippen molar-refractivity contribution in [2.75, 3.05) is 29.7 Å². The average Bonchev–Trinajstić information content (AvgIpc) is 2.90. The molecular formula is C25H24ClF2N7O2S. The number of aromatic nitrogens is 4. The molecule has 2 N–H and O–H groups in total. The molecule has 0 unspecified atom stereocenters. The number of piperidine rings is 1. The topological polar surface area (TPSA) is 113 Å². The van der Waals surface area contributed by atoms with E-state index in [0.717, 1.165) is 44.6 Å². The number of fused-ring (bicyclic) bond motifs is 1. The molecule has 198 valence electrons. The minimum Gasteiger partial charge on any atom is -0.365 e. The lowest BCUT2D eigenvalue weighted by atomic mass is 10.1. The summed E-state index contributed by atoms with van der Waals surface area (Å²) < 4.78 is 55.2. The summed E-state index contributed by atoms with van der Waals surface area (Å²) in [6.07, 6.45) is 4.90. The molecule has 4 heterocycles. The highest BCUT2D eigenvalue weighted by Gasteiger charge is 2.22. The number of pyridine rings is 2. The molecule has 38 heavy (non-hydrogen) atoms. The van der Waals surface area contributed by atoms with E-state index in [-0.39, 0.29) is 16.9 Å². The summed E-state index contributed by atoms with van der Waals surface area (Å²) in [6, 6.07) is 7.40. The Labute approximate surface area is 223 Å². The highest BCUT2D eigenvalue weighted by atomic mass is 35.5. The molecule has 4 aromatic rings. The van der Waals surface area contributed by atoms with Crippen molar-refractivity contribution >= 4 is 44.2 Å². The number of nitrogens with zero attached hydrogens (tertiary/aromatic N) is 5. The van der Waals surface area contributed by atoms with Crippen molar-refractivity contribution in [3.63, 3.8) is 0 Å². The molecule has 3 aromatic heterocycles. The molecule has 1 aliphatic rings. The molecule has 0 saturated carbocycles. The number of hydrogen-bond acceptors (Lipinski definition) is 8. The van der Waals surface area contributed by atoms with E-state index < -0.39 is 26.6 Å². The third-order valence-corrected chi connectivity index (χ3v) is 8.12. The highest BCUT2D eigenvalue weighted by Crippen LogP contribution is 2.30. The molecule has 1 aromatic carbocycles. The normalized spacial score (nSPS) is 15.1. The highest BCUT2D eigenvalue weighted by molar-refractivity contribution is 7.92. The zero-order chi connectivity index (χ0) is 26.9. The van der Waals surface area contributed by atoms with Gasteiger partial charge >= 0.3 is 0 Å². The maximum atomic E-state index is 14.1. The maximum absolute atomic E-state index is 14.1. The standard InChI is InChI=1S/C25H24ClF2N7O2S/c1-2-35-9-7-17(8-10-35)32-25-23-20(30-14-31-25)5-4-19(33-23)15-11-21(24(26)29-13-15)34-38(36,37)22-6-3-16(27)12-18(22)28/h3-6,11-14,17,34H,2,7-10H2,1H3,(H,30,31,32). The van der Waals surface area contributed by atoms with Crippen molar-refractivity contribution in [2.24, 2.45) is 0 Å². The van der Waals surface area contributed by atoms with Gasteiger partial charge in [0.15, 0.2) is 11.0 Å². The Kier molecular flexibility index (Phi) is 7.37. The summed E-state index contributed by atoms with van der Waals surface area (Å²) in [4.78, 5) is 19.2. The van der Waals surface area contributed by atoms with Gasteiger partial charge in [-0.25, -0.2) is 37.1 Å². The first-order chi connectivity index (χ1) is 18.2. The third-order valence-electron chi connectivity index (χ3n) is 6.42. The Balaban J connectivity index is 1.44. The van der Waals surface area contributed by atoms with Crippen molar-refractivity contribution in [1.29, 1.82) is 0 Å². The van der Waals surface area contributed by atoms with E-state index in [1.807, 2.05) is 0 Å². The smallest absolute Gasteiger partial charge is 0.264 e. The maximum Gasteiger partial charge on any atom is 0.264 e. The first-order valence-electron chi connectivity index (χ1n) is 12.0. The van der Waals surface area contributed by atoms with E-state index in [9.17, 15) is 17.2 Å². The van der Waals surface area contributed by atoms with E-state index >= 15 is 0 Å². The zero-order valence-electron chi connectivity index (χ0n) is 20.3. The summed E-state index contributed by atoms with van der Waals surface area (Å²) in [5, 5.41) is 3.35. The van der Waals surface area contributed by atoms with Crippen LogP contribution in [-0.2, 0) is 10.0 Å². The van der Waals surface area contributed by atoms with Crippen LogP contribution in [0.4, 0.5) is 20.3 Å². The first-order valence-corrected chi connectivity index (χ1v) is 13.8. The Bertz CT molecular complexity index is 1600. The molecule has 1 aliphatic heterocycles. The van der Waals surface area contributed by atoms with Crippen LogP contribution in [0.3, 0.4) is 0 Å². The fourth-order valence-electron chi connectivity index (χ4n) is 4.35. The second-order valence-electron chi connectivity index (χ2n) is 8.88. The number of likely N-dealkylation sites (tertiary alicyclic amines) is 1. The molecule has 0 spiro atoms. The fraction of sp³-hybridized carbons (Fsp3) is 0.280. The quantitative estimate of drug-likeness (QED) is 0.313. The van der Waals surface area contributed by atoms with Gasteiger partial charge in [0.1, 0.15) is 28.4 Å². The SMILES string of the molecule is CCN1CCC(Nc2ncnc3ccc(-c4cnc(Cl)c(NS(=O)(=O)c5ccc(F)cc5F)c4)nc23)CC1. The predicted octanol–water partition coefficient (Wildman–Crippen LogP) is 4.72. The van der Waals surface area contributed by atoms with Gasteiger partial charge in [0.25, 0.3) is 10.0 Å². The summed E-state index contributed by atoms with van der Waals surface area (Å²) in [6.45, 7) is 5.19. The molecule has 0 aliphatic carbocycles. The van der Waals surface area contributed by atoms with Gasteiger partial charge in [0.05, 0.1) is 16.9 Å². The second kappa shape index (κ2) is 10.7. The van der Waals surface area contributed by atoms with Gasteiger partial charge in [0, 0.05) is 37.0 Å². The molecule has 0 amide bonds. The number of halogens is 3. The molecule has 5 rings (SSSR count). The van der Waals surface area contributed by atoms with Crippen LogP contribution < -0.4 is 10.0 Å². The molecular weight excluding hydrogens is 536 g/mol. The van der Waals surface area contributed by atoms with E-state index in [0.29, 0.717) is 34.2 Å². The molecule has 13 heteroatoms. The third kappa shape index (κ3) is 5.52. The molecule has 0 atom stereocenters. The Morgan fingerprint density at radius 3 is 2.61 bits per heavy atom. The average molecular weight is 560 g/mol. The molecule has 9 nitrogen and oxygen atoms in total. The number of anilines is 2. The van der Waals surface area contributed by atoms with Crippen LogP contribution in [-0.4, -0.2) is 58.9 Å². The van der Waals surface area contributed by atoms with Crippen molar-refractivity contribution in [3.8, 4) is 11.3 Å². The van der Waals surface area contributed by atoms with Crippen LogP contribution in [0.15, 0.2) is 53.8 Å². The van der Waals surface area contributed by atoms with Crippen LogP contribution >= 0.6 is 11.6 Å². The fourth-order valence-corrected chi connectivity index (χ4v) is 5.67. The van der Waals surface area contributed by atoms with Gasteiger partial charge < -0.3 is 10.2 Å². The van der Waals surface area contributed by atoms with Crippen molar-refractivity contribution in [2.45, 2.75) is 30.7 Å². The van der Waals surface area contributed by atoms with E-state index in [1.54, 1.807) is 12.1 Å². The van der Waals surface area contributed by atoms with Gasteiger partial charge in [-0.1, -0.05) is 18.5 Å². The zero-order valence-corrected chi connectivity index (χ0v) is 21.9. The number of rotatable bonds is 7.